The van der Waals surface area contributed by atoms with Gasteiger partial charge < -0.3 is 19.6 Å². The van der Waals surface area contributed by atoms with E-state index < -0.39 is 0 Å². The van der Waals surface area contributed by atoms with Gasteiger partial charge in [0.25, 0.3) is 0 Å². The molecule has 0 radical (unpaired) electrons. The molecule has 158 valence electrons. The van der Waals surface area contributed by atoms with Crippen molar-refractivity contribution in [2.24, 2.45) is 5.92 Å². The maximum absolute atomic E-state index is 12.8. The van der Waals surface area contributed by atoms with Crippen molar-refractivity contribution < 1.29 is 9.59 Å². The van der Waals surface area contributed by atoms with Gasteiger partial charge in [-0.05, 0) is 26.8 Å². The summed E-state index contributed by atoms with van der Waals surface area (Å²) in [4.78, 5) is 42.5. The van der Waals surface area contributed by atoms with E-state index in [0.717, 1.165) is 82.7 Å². The Morgan fingerprint density at radius 1 is 0.897 bits per heavy atom. The van der Waals surface area contributed by atoms with E-state index in [4.69, 9.17) is 0 Å². The molecule has 0 N–H and O–H groups in total. The Kier molecular flexibility index (Phi) is 5.99. The Bertz CT molecular complexity index is 744. The first-order valence-electron chi connectivity index (χ1n) is 10.8. The molecule has 29 heavy (non-hydrogen) atoms. The van der Waals surface area contributed by atoms with Gasteiger partial charge in [0.1, 0.15) is 23.2 Å². The molecule has 2 aliphatic heterocycles. The Labute approximate surface area is 172 Å². The van der Waals surface area contributed by atoms with Crippen LogP contribution in [0, 0.1) is 12.8 Å². The van der Waals surface area contributed by atoms with Crippen LogP contribution in [0.15, 0.2) is 6.07 Å². The lowest BCUT2D eigenvalue weighted by molar-refractivity contribution is -0.137. The van der Waals surface area contributed by atoms with Crippen LogP contribution in [0.5, 0.6) is 0 Å². The fourth-order valence-corrected chi connectivity index (χ4v) is 4.50. The minimum Gasteiger partial charge on any atom is -0.354 e. The SMILES string of the molecule is Cc1nc(N2CCN(C)CC2)cc(N2CCN(C(=O)C3CCC(=O)CC3)CC2)n1. The molecule has 3 aliphatic rings. The molecule has 0 bridgehead atoms. The lowest BCUT2D eigenvalue weighted by Gasteiger charge is -2.38. The third-order valence-electron chi connectivity index (χ3n) is 6.45. The number of carbonyl (C=O) groups is 2. The van der Waals surface area contributed by atoms with Crippen LogP contribution in [0.3, 0.4) is 0 Å². The maximum Gasteiger partial charge on any atom is 0.225 e. The second kappa shape index (κ2) is 8.65. The molecule has 8 heteroatoms. The number of aryl methyl sites for hydroxylation is 1. The molecule has 1 saturated carbocycles. The molecule has 2 saturated heterocycles. The minimum absolute atomic E-state index is 0.0318. The molecule has 0 aromatic carbocycles. The summed E-state index contributed by atoms with van der Waals surface area (Å²) in [6.07, 6.45) is 2.56. The van der Waals surface area contributed by atoms with Crippen molar-refractivity contribution in [3.63, 3.8) is 0 Å². The van der Waals surface area contributed by atoms with Gasteiger partial charge in [0.15, 0.2) is 0 Å². The number of piperazine rings is 2. The molecule has 1 aromatic rings. The Morgan fingerprint density at radius 2 is 1.41 bits per heavy atom. The Hall–Kier alpha value is -2.22. The van der Waals surface area contributed by atoms with E-state index in [9.17, 15) is 9.59 Å². The molecule has 3 heterocycles. The first kappa shape index (κ1) is 20.1. The van der Waals surface area contributed by atoms with Gasteiger partial charge in [-0.15, -0.1) is 0 Å². The molecular weight excluding hydrogens is 368 g/mol. The number of hydrogen-bond acceptors (Lipinski definition) is 7. The highest BCUT2D eigenvalue weighted by atomic mass is 16.2. The molecule has 1 aromatic heterocycles. The maximum atomic E-state index is 12.8. The van der Waals surface area contributed by atoms with Crippen LogP contribution in [0.25, 0.3) is 0 Å². The van der Waals surface area contributed by atoms with Crippen molar-refractivity contribution >= 4 is 23.3 Å². The van der Waals surface area contributed by atoms with Crippen molar-refractivity contribution in [3.8, 4) is 0 Å². The Morgan fingerprint density at radius 3 is 1.97 bits per heavy atom. The fourth-order valence-electron chi connectivity index (χ4n) is 4.50. The van der Waals surface area contributed by atoms with Crippen LogP contribution in [-0.2, 0) is 9.59 Å². The Balaban J connectivity index is 1.37. The highest BCUT2D eigenvalue weighted by Gasteiger charge is 2.31. The normalized spacial score (nSPS) is 22.3. The molecular formula is C21H32N6O2. The lowest BCUT2D eigenvalue weighted by Crippen LogP contribution is -2.51. The molecule has 1 amide bonds. The van der Waals surface area contributed by atoms with Crippen LogP contribution < -0.4 is 9.80 Å². The first-order chi connectivity index (χ1) is 14.0. The average molecular weight is 401 g/mol. The van der Waals surface area contributed by atoms with E-state index in [2.05, 4.69) is 37.8 Å². The molecule has 8 nitrogen and oxygen atoms in total. The molecule has 1 aliphatic carbocycles. The number of Topliss-reactive ketones (excluding diaryl/α,β-unsaturated/α-hetero) is 1. The summed E-state index contributed by atoms with van der Waals surface area (Å²) in [5.41, 5.74) is 0. The highest BCUT2D eigenvalue weighted by Crippen LogP contribution is 2.25. The number of anilines is 2. The third kappa shape index (κ3) is 4.69. The largest absolute Gasteiger partial charge is 0.354 e. The number of carbonyl (C=O) groups excluding carboxylic acids is 2. The van der Waals surface area contributed by atoms with Gasteiger partial charge in [-0.25, -0.2) is 9.97 Å². The van der Waals surface area contributed by atoms with Gasteiger partial charge in [-0.3, -0.25) is 9.59 Å². The number of amides is 1. The van der Waals surface area contributed by atoms with Crippen molar-refractivity contribution in [3.05, 3.63) is 11.9 Å². The van der Waals surface area contributed by atoms with Gasteiger partial charge in [-0.2, -0.15) is 0 Å². The number of nitrogens with zero attached hydrogens (tertiary/aromatic N) is 6. The average Bonchev–Trinajstić information content (AvgIpc) is 2.74. The number of likely N-dealkylation sites (N-methyl/N-ethyl adjacent to an activating group) is 1. The molecule has 3 fully saturated rings. The van der Waals surface area contributed by atoms with Gasteiger partial charge in [-0.1, -0.05) is 0 Å². The standard InChI is InChI=1S/C21H32N6O2/c1-16-22-19(25-9-7-24(2)8-10-25)15-20(23-16)26-11-13-27(14-12-26)21(29)17-3-5-18(28)6-4-17/h15,17H,3-14H2,1-2H3. The second-order valence-corrected chi connectivity index (χ2v) is 8.55. The fraction of sp³-hybridized carbons (Fsp3) is 0.714. The van der Waals surface area contributed by atoms with Crippen molar-refractivity contribution in [1.29, 1.82) is 0 Å². The van der Waals surface area contributed by atoms with Crippen molar-refractivity contribution in [1.82, 2.24) is 19.8 Å². The molecule has 0 atom stereocenters. The summed E-state index contributed by atoms with van der Waals surface area (Å²) in [5, 5.41) is 0. The summed E-state index contributed by atoms with van der Waals surface area (Å²) in [5.74, 6) is 3.32. The van der Waals surface area contributed by atoms with Gasteiger partial charge >= 0.3 is 0 Å². The molecule has 0 unspecified atom stereocenters. The van der Waals surface area contributed by atoms with Gasteiger partial charge in [0.2, 0.25) is 5.91 Å². The van der Waals surface area contributed by atoms with Crippen LogP contribution in [0.1, 0.15) is 31.5 Å². The number of ketones is 1. The second-order valence-electron chi connectivity index (χ2n) is 8.55. The monoisotopic (exact) mass is 400 g/mol. The summed E-state index contributed by atoms with van der Waals surface area (Å²) < 4.78 is 0. The van der Waals surface area contributed by atoms with E-state index in [-0.39, 0.29) is 11.8 Å². The summed E-state index contributed by atoms with van der Waals surface area (Å²) in [6, 6.07) is 2.10. The smallest absolute Gasteiger partial charge is 0.225 e. The zero-order valence-electron chi connectivity index (χ0n) is 17.6. The van der Waals surface area contributed by atoms with E-state index in [0.29, 0.717) is 18.6 Å². The predicted octanol–water partition coefficient (Wildman–Crippen LogP) is 0.945. The topological polar surface area (TPSA) is 72.9 Å². The van der Waals surface area contributed by atoms with Crippen LogP contribution in [0.4, 0.5) is 11.6 Å². The highest BCUT2D eigenvalue weighted by molar-refractivity contribution is 5.84. The van der Waals surface area contributed by atoms with Gasteiger partial charge in [0, 0.05) is 77.2 Å². The minimum atomic E-state index is 0.0318. The first-order valence-corrected chi connectivity index (χ1v) is 10.8. The lowest BCUT2D eigenvalue weighted by atomic mass is 9.87. The molecule has 4 rings (SSSR count). The van der Waals surface area contributed by atoms with E-state index in [1.807, 2.05) is 11.8 Å². The van der Waals surface area contributed by atoms with Crippen LogP contribution in [-0.4, -0.2) is 90.9 Å². The van der Waals surface area contributed by atoms with Crippen molar-refractivity contribution in [2.45, 2.75) is 32.6 Å². The summed E-state index contributed by atoms with van der Waals surface area (Å²) in [7, 11) is 2.15. The number of aromatic nitrogens is 2. The summed E-state index contributed by atoms with van der Waals surface area (Å²) in [6.45, 7) is 9.03. The number of rotatable bonds is 3. The quantitative estimate of drug-likeness (QED) is 0.748. The van der Waals surface area contributed by atoms with E-state index >= 15 is 0 Å². The third-order valence-corrected chi connectivity index (χ3v) is 6.45. The molecule has 0 spiro atoms. The van der Waals surface area contributed by atoms with E-state index in [1.54, 1.807) is 0 Å². The van der Waals surface area contributed by atoms with Crippen molar-refractivity contribution in [2.75, 3.05) is 69.2 Å². The zero-order chi connectivity index (χ0) is 20.4. The predicted molar refractivity (Wildman–Crippen MR) is 112 cm³/mol. The van der Waals surface area contributed by atoms with Crippen LogP contribution >= 0.6 is 0 Å². The van der Waals surface area contributed by atoms with Gasteiger partial charge in [0.05, 0.1) is 0 Å². The van der Waals surface area contributed by atoms with E-state index in [1.165, 1.54) is 0 Å². The zero-order valence-corrected chi connectivity index (χ0v) is 17.6. The summed E-state index contributed by atoms with van der Waals surface area (Å²) >= 11 is 0. The van der Waals surface area contributed by atoms with Crippen LogP contribution in [0.2, 0.25) is 0 Å². The number of hydrogen-bond donors (Lipinski definition) is 0.